The smallest absolute Gasteiger partial charge is 0.306 e. The molecule has 1 atom stereocenters. The second kappa shape index (κ2) is 58.6. The Morgan fingerprint density at radius 3 is 1.06 bits per heavy atom. The first-order valence-corrected chi connectivity index (χ1v) is 29.4. The van der Waals surface area contributed by atoms with Gasteiger partial charge in [0.15, 0.2) is 6.10 Å². The maximum atomic E-state index is 12.9. The van der Waals surface area contributed by atoms with Crippen molar-refractivity contribution in [2.45, 2.75) is 271 Å². The molecule has 0 aromatic carbocycles. The summed E-state index contributed by atoms with van der Waals surface area (Å²) in [6.07, 6.45) is 79.5. The SMILES string of the molecule is CC/C=C\C/C=C\C/C=C\C/C=C\C/C=C\C/C=C\CCC(=O)OCC(COC(=O)CCCCCCCC/C=C\C=C/CCCCC)OC(=O)CCCCCCCCC/C=C\CCCCCCCCCC. The highest BCUT2D eigenvalue weighted by Crippen LogP contribution is 2.14. The maximum Gasteiger partial charge on any atom is 0.306 e. The van der Waals surface area contributed by atoms with Crippen LogP contribution in [0.25, 0.3) is 0 Å². The van der Waals surface area contributed by atoms with E-state index >= 15 is 0 Å². The topological polar surface area (TPSA) is 78.9 Å². The molecule has 0 N–H and O–H groups in total. The zero-order chi connectivity index (χ0) is 51.4. The summed E-state index contributed by atoms with van der Waals surface area (Å²) in [6, 6.07) is 0. The summed E-state index contributed by atoms with van der Waals surface area (Å²) in [5.74, 6) is -1.01. The molecule has 0 bridgehead atoms. The van der Waals surface area contributed by atoms with Crippen molar-refractivity contribution >= 4 is 17.9 Å². The van der Waals surface area contributed by atoms with Crippen LogP contribution in [0.3, 0.4) is 0 Å². The van der Waals surface area contributed by atoms with E-state index in [4.69, 9.17) is 14.2 Å². The summed E-state index contributed by atoms with van der Waals surface area (Å²) >= 11 is 0. The molecule has 0 aromatic heterocycles. The van der Waals surface area contributed by atoms with Gasteiger partial charge in [-0.1, -0.05) is 246 Å². The molecule has 0 radical (unpaired) electrons. The Labute approximate surface area is 438 Å². The quantitative estimate of drug-likeness (QED) is 0.0199. The summed E-state index contributed by atoms with van der Waals surface area (Å²) in [7, 11) is 0. The minimum Gasteiger partial charge on any atom is -0.462 e. The van der Waals surface area contributed by atoms with Gasteiger partial charge in [0, 0.05) is 19.3 Å². The van der Waals surface area contributed by atoms with Crippen LogP contribution in [0.4, 0.5) is 0 Å². The van der Waals surface area contributed by atoms with E-state index < -0.39 is 6.10 Å². The standard InChI is InChI=1S/C65H108O6/c1-4-7-10-13-16-19-22-25-28-30-32-34-37-40-43-46-49-52-55-58-64(67)70-61-62(60-69-63(66)57-54-51-48-45-42-39-36-27-24-21-18-15-12-9-6-3)71-65(68)59-56-53-50-47-44-41-38-35-33-31-29-26-23-20-17-14-11-8-5-2/h7,10,16,18-19,21,24-25,27-28,31-34,40,43,49,52,62H,4-6,8-9,11-15,17,20,22-23,26,29-30,35-39,41-42,44-48,50-51,53-61H2,1-3H3/b10-7-,19-16-,21-18-,27-24-,28-25-,33-31-,34-32-,43-40-,52-49-. The third kappa shape index (κ3) is 56.9. The van der Waals surface area contributed by atoms with E-state index in [0.717, 1.165) is 89.9 Å². The Hall–Kier alpha value is -3.93. The predicted molar refractivity (Wildman–Crippen MR) is 307 cm³/mol. The molecule has 6 nitrogen and oxygen atoms in total. The van der Waals surface area contributed by atoms with Crippen LogP contribution in [0.1, 0.15) is 265 Å². The molecule has 0 spiro atoms. The molecule has 0 rings (SSSR count). The Morgan fingerprint density at radius 2 is 0.620 bits per heavy atom. The van der Waals surface area contributed by atoms with E-state index in [2.05, 4.69) is 124 Å². The summed E-state index contributed by atoms with van der Waals surface area (Å²) < 4.78 is 16.8. The molecule has 0 aliphatic rings. The average Bonchev–Trinajstić information content (AvgIpc) is 3.37. The number of ether oxygens (including phenoxy) is 3. The molecule has 404 valence electrons. The number of carbonyl (C=O) groups is 3. The molecule has 71 heavy (non-hydrogen) atoms. The Kier molecular flexibility index (Phi) is 55.4. The first-order chi connectivity index (χ1) is 35.0. The summed E-state index contributed by atoms with van der Waals surface area (Å²) in [5.41, 5.74) is 0. The zero-order valence-corrected chi connectivity index (χ0v) is 46.2. The molecule has 1 unspecified atom stereocenters. The fraction of sp³-hybridized carbons (Fsp3) is 0.677. The molecule has 0 aromatic rings. The third-order valence-electron chi connectivity index (χ3n) is 12.3. The number of allylic oxidation sites excluding steroid dienone is 18. The Bertz CT molecular complexity index is 1460. The Morgan fingerprint density at radius 1 is 0.310 bits per heavy atom. The van der Waals surface area contributed by atoms with E-state index in [1.807, 2.05) is 6.08 Å². The van der Waals surface area contributed by atoms with Gasteiger partial charge in [0.25, 0.3) is 0 Å². The lowest BCUT2D eigenvalue weighted by Crippen LogP contribution is -2.30. The van der Waals surface area contributed by atoms with Gasteiger partial charge in [-0.3, -0.25) is 14.4 Å². The van der Waals surface area contributed by atoms with Crippen molar-refractivity contribution in [1.82, 2.24) is 0 Å². The fourth-order valence-electron chi connectivity index (χ4n) is 7.87. The first kappa shape index (κ1) is 67.1. The molecule has 0 heterocycles. The zero-order valence-electron chi connectivity index (χ0n) is 46.2. The van der Waals surface area contributed by atoms with E-state index in [-0.39, 0.29) is 37.5 Å². The van der Waals surface area contributed by atoms with Crippen molar-refractivity contribution in [2.24, 2.45) is 0 Å². The highest BCUT2D eigenvalue weighted by Gasteiger charge is 2.19. The van der Waals surface area contributed by atoms with Crippen molar-refractivity contribution in [3.63, 3.8) is 0 Å². The lowest BCUT2D eigenvalue weighted by atomic mass is 10.1. The second-order valence-corrected chi connectivity index (χ2v) is 19.2. The van der Waals surface area contributed by atoms with Gasteiger partial charge in [0.1, 0.15) is 13.2 Å². The summed E-state index contributed by atoms with van der Waals surface area (Å²) in [5, 5.41) is 0. The van der Waals surface area contributed by atoms with Gasteiger partial charge in [0.05, 0.1) is 0 Å². The number of hydrogen-bond donors (Lipinski definition) is 0. The number of unbranched alkanes of at least 4 members (excludes halogenated alkanes) is 24. The lowest BCUT2D eigenvalue weighted by molar-refractivity contribution is -0.166. The fourth-order valence-corrected chi connectivity index (χ4v) is 7.87. The lowest BCUT2D eigenvalue weighted by Gasteiger charge is -2.18. The van der Waals surface area contributed by atoms with Gasteiger partial charge in [-0.25, -0.2) is 0 Å². The monoisotopic (exact) mass is 985 g/mol. The van der Waals surface area contributed by atoms with Crippen LogP contribution in [-0.4, -0.2) is 37.2 Å². The highest BCUT2D eigenvalue weighted by atomic mass is 16.6. The molecule has 0 fully saturated rings. The molecule has 0 saturated heterocycles. The van der Waals surface area contributed by atoms with Crippen LogP contribution in [0, 0.1) is 0 Å². The van der Waals surface area contributed by atoms with E-state index in [1.165, 1.54) is 128 Å². The van der Waals surface area contributed by atoms with Crippen molar-refractivity contribution in [3.8, 4) is 0 Å². The molecule has 0 amide bonds. The van der Waals surface area contributed by atoms with Crippen LogP contribution >= 0.6 is 0 Å². The van der Waals surface area contributed by atoms with Crippen molar-refractivity contribution in [2.75, 3.05) is 13.2 Å². The van der Waals surface area contributed by atoms with Gasteiger partial charge in [0.2, 0.25) is 0 Å². The minimum absolute atomic E-state index is 0.110. The van der Waals surface area contributed by atoms with Gasteiger partial charge >= 0.3 is 17.9 Å². The number of carbonyl (C=O) groups excluding carboxylic acids is 3. The third-order valence-corrected chi connectivity index (χ3v) is 12.3. The molecular weight excluding hydrogens is 877 g/mol. The van der Waals surface area contributed by atoms with Gasteiger partial charge in [-0.2, -0.15) is 0 Å². The molecule has 0 aliphatic carbocycles. The normalized spacial score (nSPS) is 12.9. The van der Waals surface area contributed by atoms with Crippen LogP contribution < -0.4 is 0 Å². The van der Waals surface area contributed by atoms with Crippen LogP contribution in [-0.2, 0) is 28.6 Å². The van der Waals surface area contributed by atoms with Crippen molar-refractivity contribution in [3.05, 3.63) is 109 Å². The van der Waals surface area contributed by atoms with Crippen molar-refractivity contribution < 1.29 is 28.6 Å². The van der Waals surface area contributed by atoms with E-state index in [9.17, 15) is 14.4 Å². The van der Waals surface area contributed by atoms with Gasteiger partial charge in [-0.15, -0.1) is 0 Å². The van der Waals surface area contributed by atoms with E-state index in [1.54, 1.807) is 0 Å². The Balaban J connectivity index is 4.52. The average molecular weight is 986 g/mol. The summed E-state index contributed by atoms with van der Waals surface area (Å²) in [4.78, 5) is 38.2. The molecule has 0 saturated carbocycles. The van der Waals surface area contributed by atoms with Gasteiger partial charge in [-0.05, 0) is 109 Å². The molecule has 6 heteroatoms. The second-order valence-electron chi connectivity index (χ2n) is 19.2. The number of rotatable bonds is 52. The number of esters is 3. The van der Waals surface area contributed by atoms with Crippen molar-refractivity contribution in [1.29, 1.82) is 0 Å². The number of hydrogen-bond acceptors (Lipinski definition) is 6. The predicted octanol–water partition coefficient (Wildman–Crippen LogP) is 19.9. The molecule has 0 aliphatic heterocycles. The minimum atomic E-state index is -0.818. The largest absolute Gasteiger partial charge is 0.462 e. The maximum absolute atomic E-state index is 12.9. The first-order valence-electron chi connectivity index (χ1n) is 29.4. The highest BCUT2D eigenvalue weighted by molar-refractivity contribution is 5.71. The summed E-state index contributed by atoms with van der Waals surface area (Å²) in [6.45, 7) is 6.43. The van der Waals surface area contributed by atoms with Crippen LogP contribution in [0.5, 0.6) is 0 Å². The van der Waals surface area contributed by atoms with E-state index in [0.29, 0.717) is 19.3 Å². The molecular formula is C65H108O6. The van der Waals surface area contributed by atoms with Crippen LogP contribution in [0.2, 0.25) is 0 Å². The van der Waals surface area contributed by atoms with Gasteiger partial charge < -0.3 is 14.2 Å². The van der Waals surface area contributed by atoms with Crippen LogP contribution in [0.15, 0.2) is 109 Å².